The number of methoxy groups -OCH3 is 1. The normalized spacial score (nSPS) is 20.5. The second kappa shape index (κ2) is 6.91. The number of carbonyl (C=O) groups excluding carboxylic acids is 1. The highest BCUT2D eigenvalue weighted by Crippen LogP contribution is 2.27. The molecule has 2 aromatic heterocycles. The van der Waals surface area contributed by atoms with Crippen LogP contribution in [0.5, 0.6) is 0 Å². The predicted octanol–water partition coefficient (Wildman–Crippen LogP) is 1.14. The van der Waals surface area contributed by atoms with Gasteiger partial charge >= 0.3 is 6.03 Å². The van der Waals surface area contributed by atoms with Gasteiger partial charge in [-0.25, -0.2) is 14.8 Å². The monoisotopic (exact) mass is 357 g/mol. The van der Waals surface area contributed by atoms with E-state index in [-0.39, 0.29) is 12.1 Å². The van der Waals surface area contributed by atoms with Crippen molar-refractivity contribution in [2.24, 2.45) is 0 Å². The van der Waals surface area contributed by atoms with Crippen molar-refractivity contribution in [3.05, 3.63) is 30.5 Å². The number of carbonyl (C=O) groups is 1. The molecule has 2 aromatic rings. The van der Waals surface area contributed by atoms with Crippen LogP contribution < -0.4 is 9.80 Å². The Morgan fingerprint density at radius 2 is 2.19 bits per heavy atom. The van der Waals surface area contributed by atoms with Gasteiger partial charge in [0.05, 0.1) is 17.9 Å². The molecule has 0 bridgehead atoms. The summed E-state index contributed by atoms with van der Waals surface area (Å²) >= 11 is 0. The first kappa shape index (κ1) is 16.8. The number of ether oxygens (including phenoxy) is 1. The van der Waals surface area contributed by atoms with Crippen molar-refractivity contribution in [1.29, 1.82) is 0 Å². The molecule has 138 valence electrons. The molecule has 0 spiro atoms. The number of amides is 2. The van der Waals surface area contributed by atoms with Crippen LogP contribution in [0, 0.1) is 0 Å². The Bertz CT molecular complexity index is 793. The van der Waals surface area contributed by atoms with Crippen LogP contribution in [0.1, 0.15) is 18.3 Å². The highest BCUT2D eigenvalue weighted by atomic mass is 16.5. The number of rotatable bonds is 5. The van der Waals surface area contributed by atoms with E-state index in [9.17, 15) is 4.79 Å². The van der Waals surface area contributed by atoms with Crippen molar-refractivity contribution >= 4 is 17.5 Å². The lowest BCUT2D eigenvalue weighted by atomic mass is 10.3. The third kappa shape index (κ3) is 3.10. The van der Waals surface area contributed by atoms with Crippen molar-refractivity contribution in [1.82, 2.24) is 24.6 Å². The van der Waals surface area contributed by atoms with E-state index in [1.54, 1.807) is 29.3 Å². The molecule has 1 atom stereocenters. The van der Waals surface area contributed by atoms with Crippen LogP contribution in [0.15, 0.2) is 24.7 Å². The van der Waals surface area contributed by atoms with Gasteiger partial charge in [-0.15, -0.1) is 0 Å². The minimum atomic E-state index is 0.0317. The third-order valence-electron chi connectivity index (χ3n) is 4.94. The summed E-state index contributed by atoms with van der Waals surface area (Å²) in [5, 5.41) is 4.50. The second-order valence-corrected chi connectivity index (χ2v) is 6.69. The lowest BCUT2D eigenvalue weighted by molar-refractivity contribution is 0.178. The number of likely N-dealkylation sites (N-methyl/N-ethyl adjacent to an activating group) is 1. The van der Waals surface area contributed by atoms with Crippen LogP contribution in [0.25, 0.3) is 0 Å². The minimum Gasteiger partial charge on any atom is -0.377 e. The highest BCUT2D eigenvalue weighted by Gasteiger charge is 2.30. The number of anilines is 2. The van der Waals surface area contributed by atoms with Crippen LogP contribution in [0.3, 0.4) is 0 Å². The Labute approximate surface area is 152 Å². The average Bonchev–Trinajstić information content (AvgIpc) is 3.37. The van der Waals surface area contributed by atoms with E-state index in [0.717, 1.165) is 37.6 Å². The van der Waals surface area contributed by atoms with Gasteiger partial charge in [-0.2, -0.15) is 5.10 Å². The molecular weight excluding hydrogens is 334 g/mol. The first-order chi connectivity index (χ1) is 12.7. The minimum absolute atomic E-state index is 0.0317. The highest BCUT2D eigenvalue weighted by molar-refractivity contribution is 5.93. The van der Waals surface area contributed by atoms with E-state index >= 15 is 0 Å². The van der Waals surface area contributed by atoms with Crippen molar-refractivity contribution in [3.8, 4) is 0 Å². The number of aromatic nitrogens is 4. The Kier molecular flexibility index (Phi) is 4.46. The van der Waals surface area contributed by atoms with Crippen LogP contribution in [0.4, 0.5) is 16.3 Å². The van der Waals surface area contributed by atoms with E-state index in [4.69, 9.17) is 4.74 Å². The van der Waals surface area contributed by atoms with E-state index in [1.165, 1.54) is 0 Å². The molecule has 4 rings (SSSR count). The van der Waals surface area contributed by atoms with Gasteiger partial charge in [0.2, 0.25) is 0 Å². The SMILES string of the molecule is COCc1nccc(N2CCC(n3cc(N4CCN(C)C4=O)cn3)C2)n1. The largest absolute Gasteiger partial charge is 0.377 e. The van der Waals surface area contributed by atoms with E-state index in [2.05, 4.69) is 20.0 Å². The van der Waals surface area contributed by atoms with Gasteiger partial charge in [0.25, 0.3) is 0 Å². The van der Waals surface area contributed by atoms with E-state index in [1.807, 2.05) is 24.0 Å². The standard InChI is InChI=1S/C17H23N7O2/c1-21-7-8-23(17(21)25)14-9-19-24(11-14)13-4-6-22(10-13)16-3-5-18-15(20-16)12-26-2/h3,5,9,11,13H,4,6-8,10,12H2,1-2H3. The van der Waals surface area contributed by atoms with Crippen molar-refractivity contribution in [2.75, 3.05) is 50.1 Å². The topological polar surface area (TPSA) is 79.6 Å². The summed E-state index contributed by atoms with van der Waals surface area (Å²) < 4.78 is 7.08. The second-order valence-electron chi connectivity index (χ2n) is 6.69. The number of hydrogen-bond donors (Lipinski definition) is 0. The van der Waals surface area contributed by atoms with Gasteiger partial charge < -0.3 is 14.5 Å². The molecule has 9 nitrogen and oxygen atoms in total. The molecule has 9 heteroatoms. The van der Waals surface area contributed by atoms with Gasteiger partial charge in [-0.3, -0.25) is 9.58 Å². The summed E-state index contributed by atoms with van der Waals surface area (Å²) in [6.45, 7) is 3.61. The van der Waals surface area contributed by atoms with Gasteiger partial charge in [0.15, 0.2) is 5.82 Å². The summed E-state index contributed by atoms with van der Waals surface area (Å²) in [4.78, 5) is 26.7. The maximum atomic E-state index is 12.1. The quantitative estimate of drug-likeness (QED) is 0.798. The van der Waals surface area contributed by atoms with Crippen LogP contribution >= 0.6 is 0 Å². The Balaban J connectivity index is 1.44. The lowest BCUT2D eigenvalue weighted by Gasteiger charge is -2.18. The fraction of sp³-hybridized carbons (Fsp3) is 0.529. The molecule has 1 unspecified atom stereocenters. The van der Waals surface area contributed by atoms with Gasteiger partial charge in [0, 0.05) is 52.7 Å². The summed E-state index contributed by atoms with van der Waals surface area (Å²) in [6.07, 6.45) is 6.51. The molecule has 0 radical (unpaired) electrons. The fourth-order valence-electron chi connectivity index (χ4n) is 3.48. The Hall–Kier alpha value is -2.68. The molecule has 0 saturated carbocycles. The zero-order valence-corrected chi connectivity index (χ0v) is 15.1. The number of urea groups is 1. The third-order valence-corrected chi connectivity index (χ3v) is 4.94. The molecule has 26 heavy (non-hydrogen) atoms. The number of nitrogens with zero attached hydrogens (tertiary/aromatic N) is 7. The maximum absolute atomic E-state index is 12.1. The molecule has 2 aliphatic heterocycles. The first-order valence-corrected chi connectivity index (χ1v) is 8.78. The Morgan fingerprint density at radius 1 is 1.31 bits per heavy atom. The van der Waals surface area contributed by atoms with E-state index < -0.39 is 0 Å². The molecule has 2 saturated heterocycles. The summed E-state index contributed by atoms with van der Waals surface area (Å²) in [6, 6.07) is 2.22. The molecule has 0 aliphatic carbocycles. The predicted molar refractivity (Wildman–Crippen MR) is 96.2 cm³/mol. The molecule has 2 fully saturated rings. The van der Waals surface area contributed by atoms with Gasteiger partial charge in [0.1, 0.15) is 12.4 Å². The van der Waals surface area contributed by atoms with Crippen molar-refractivity contribution < 1.29 is 9.53 Å². The lowest BCUT2D eigenvalue weighted by Crippen LogP contribution is -2.28. The summed E-state index contributed by atoms with van der Waals surface area (Å²) in [7, 11) is 3.46. The van der Waals surface area contributed by atoms with Crippen molar-refractivity contribution in [2.45, 2.75) is 19.1 Å². The molecule has 2 amide bonds. The zero-order valence-electron chi connectivity index (χ0n) is 15.1. The smallest absolute Gasteiger partial charge is 0.324 e. The van der Waals surface area contributed by atoms with Crippen LogP contribution in [-0.4, -0.2) is 71.0 Å². The molecule has 0 N–H and O–H groups in total. The van der Waals surface area contributed by atoms with Gasteiger partial charge in [-0.1, -0.05) is 0 Å². The van der Waals surface area contributed by atoms with Crippen LogP contribution in [0.2, 0.25) is 0 Å². The first-order valence-electron chi connectivity index (χ1n) is 8.78. The molecule has 0 aromatic carbocycles. The summed E-state index contributed by atoms with van der Waals surface area (Å²) in [5.74, 6) is 1.60. The molecule has 4 heterocycles. The molecular formula is C17H23N7O2. The average molecular weight is 357 g/mol. The fourth-order valence-corrected chi connectivity index (χ4v) is 3.48. The Morgan fingerprint density at radius 3 is 2.96 bits per heavy atom. The maximum Gasteiger partial charge on any atom is 0.324 e. The summed E-state index contributed by atoms with van der Waals surface area (Å²) in [5.41, 5.74) is 0.863. The van der Waals surface area contributed by atoms with E-state index in [0.29, 0.717) is 19.0 Å². The zero-order chi connectivity index (χ0) is 18.1. The molecule has 2 aliphatic rings. The van der Waals surface area contributed by atoms with Gasteiger partial charge in [-0.05, 0) is 12.5 Å². The number of hydrogen-bond acceptors (Lipinski definition) is 6. The van der Waals surface area contributed by atoms with Crippen LogP contribution in [-0.2, 0) is 11.3 Å². The van der Waals surface area contributed by atoms with Crippen molar-refractivity contribution in [3.63, 3.8) is 0 Å².